The topological polar surface area (TPSA) is 45.4 Å². The third-order valence-electron chi connectivity index (χ3n) is 3.06. The van der Waals surface area contributed by atoms with Crippen LogP contribution >= 0.6 is 23.7 Å². The number of rotatable bonds is 4. The highest BCUT2D eigenvalue weighted by Gasteiger charge is 2.20. The average molecular weight is 277 g/mol. The normalized spacial score (nSPS) is 20.8. The summed E-state index contributed by atoms with van der Waals surface area (Å²) in [7, 11) is 4.37. The second-order valence-corrected chi connectivity index (χ2v) is 5.93. The molecule has 0 saturated carbocycles. The molecule has 2 rings (SSSR count). The molecule has 1 unspecified atom stereocenters. The zero-order valence-electron chi connectivity index (χ0n) is 10.4. The molecule has 1 aromatic heterocycles. The van der Waals surface area contributed by atoms with Gasteiger partial charge in [0.1, 0.15) is 0 Å². The van der Waals surface area contributed by atoms with E-state index >= 15 is 0 Å². The van der Waals surface area contributed by atoms with E-state index in [4.69, 9.17) is 5.73 Å². The number of anilines is 1. The lowest BCUT2D eigenvalue weighted by Gasteiger charge is -2.19. The second kappa shape index (κ2) is 6.54. The van der Waals surface area contributed by atoms with Crippen molar-refractivity contribution in [2.75, 3.05) is 39.5 Å². The number of aromatic nitrogens is 1. The van der Waals surface area contributed by atoms with Crippen LogP contribution in [0.5, 0.6) is 0 Å². The van der Waals surface area contributed by atoms with Crippen molar-refractivity contribution < 1.29 is 0 Å². The van der Waals surface area contributed by atoms with Gasteiger partial charge in [0.25, 0.3) is 0 Å². The zero-order chi connectivity index (χ0) is 11.5. The number of nitrogen functional groups attached to an aromatic ring is 1. The van der Waals surface area contributed by atoms with Gasteiger partial charge in [-0.1, -0.05) is 0 Å². The summed E-state index contributed by atoms with van der Waals surface area (Å²) < 4.78 is 0. The van der Waals surface area contributed by atoms with Gasteiger partial charge in [0.05, 0.1) is 0 Å². The summed E-state index contributed by atoms with van der Waals surface area (Å²) in [6.07, 6.45) is 3.21. The predicted molar refractivity (Wildman–Crippen MR) is 75.7 cm³/mol. The Morgan fingerprint density at radius 1 is 1.65 bits per heavy atom. The molecule has 1 atom stereocenters. The van der Waals surface area contributed by atoms with Crippen molar-refractivity contribution in [1.29, 1.82) is 0 Å². The van der Waals surface area contributed by atoms with Gasteiger partial charge in [-0.25, -0.2) is 4.98 Å². The first-order valence-corrected chi connectivity index (χ1v) is 6.52. The van der Waals surface area contributed by atoms with E-state index in [2.05, 4.69) is 28.9 Å². The average Bonchev–Trinajstić information content (AvgIpc) is 2.76. The van der Waals surface area contributed by atoms with Crippen LogP contribution in [0.3, 0.4) is 0 Å². The lowest BCUT2D eigenvalue weighted by molar-refractivity contribution is 0.269. The van der Waals surface area contributed by atoms with Gasteiger partial charge in [-0.3, -0.25) is 0 Å². The van der Waals surface area contributed by atoms with E-state index in [1.165, 1.54) is 30.9 Å². The van der Waals surface area contributed by atoms with Crippen LogP contribution < -0.4 is 5.73 Å². The number of halogens is 1. The van der Waals surface area contributed by atoms with Crippen molar-refractivity contribution in [3.8, 4) is 0 Å². The summed E-state index contributed by atoms with van der Waals surface area (Å²) >= 11 is 1.59. The molecule has 2 N–H and O–H groups in total. The SMILES string of the molecule is CN1CCC(CN(C)Cc2cnc(N)s2)C1.Cl. The first-order chi connectivity index (χ1) is 7.63. The monoisotopic (exact) mass is 276 g/mol. The number of nitrogens with zero attached hydrogens (tertiary/aromatic N) is 3. The van der Waals surface area contributed by atoms with E-state index in [9.17, 15) is 0 Å². The van der Waals surface area contributed by atoms with Crippen LogP contribution in [0.4, 0.5) is 5.13 Å². The number of likely N-dealkylation sites (tertiary alicyclic amines) is 1. The summed E-state index contributed by atoms with van der Waals surface area (Å²) in [5.74, 6) is 0.820. The summed E-state index contributed by atoms with van der Waals surface area (Å²) in [5.41, 5.74) is 5.62. The molecule has 1 aliphatic rings. The second-order valence-electron chi connectivity index (χ2n) is 4.78. The third-order valence-corrected chi connectivity index (χ3v) is 3.87. The van der Waals surface area contributed by atoms with Crippen LogP contribution in [0.2, 0.25) is 0 Å². The van der Waals surface area contributed by atoms with Crippen molar-refractivity contribution in [3.63, 3.8) is 0 Å². The first-order valence-electron chi connectivity index (χ1n) is 5.71. The Balaban J connectivity index is 0.00000144. The van der Waals surface area contributed by atoms with Crippen LogP contribution in [0.1, 0.15) is 11.3 Å². The Hall–Kier alpha value is -0.360. The highest BCUT2D eigenvalue weighted by Crippen LogP contribution is 2.19. The molecule has 0 amide bonds. The molecule has 0 spiro atoms. The molecule has 98 valence electrons. The molecule has 1 aromatic rings. The molecule has 1 aliphatic heterocycles. The molecule has 1 fully saturated rings. The number of thiazole rings is 1. The lowest BCUT2D eigenvalue weighted by Crippen LogP contribution is -2.26. The summed E-state index contributed by atoms with van der Waals surface area (Å²) in [6, 6.07) is 0. The molecule has 6 heteroatoms. The van der Waals surface area contributed by atoms with Crippen LogP contribution in [-0.4, -0.2) is 48.5 Å². The Kier molecular flexibility index (Phi) is 5.66. The van der Waals surface area contributed by atoms with Gasteiger partial charge in [0, 0.05) is 30.7 Å². The van der Waals surface area contributed by atoms with E-state index < -0.39 is 0 Å². The number of hydrogen-bond donors (Lipinski definition) is 1. The third kappa shape index (κ3) is 4.43. The van der Waals surface area contributed by atoms with Crippen molar-refractivity contribution in [1.82, 2.24) is 14.8 Å². The minimum Gasteiger partial charge on any atom is -0.375 e. The van der Waals surface area contributed by atoms with E-state index in [0.717, 1.165) is 12.5 Å². The van der Waals surface area contributed by atoms with Gasteiger partial charge < -0.3 is 15.5 Å². The number of nitrogens with two attached hydrogens (primary N) is 1. The predicted octanol–water partition coefficient (Wildman–Crippen LogP) is 1.53. The Bertz CT molecular complexity index is 344. The molecule has 0 aromatic carbocycles. The molecular formula is C11H21ClN4S. The van der Waals surface area contributed by atoms with Crippen LogP contribution in [0.25, 0.3) is 0 Å². The molecule has 0 bridgehead atoms. The maximum atomic E-state index is 5.62. The summed E-state index contributed by atoms with van der Waals surface area (Å²) in [6.45, 7) is 4.61. The smallest absolute Gasteiger partial charge is 0.180 e. The van der Waals surface area contributed by atoms with Gasteiger partial charge in [-0.2, -0.15) is 0 Å². The fourth-order valence-corrected chi connectivity index (χ4v) is 3.11. The van der Waals surface area contributed by atoms with E-state index in [1.807, 2.05) is 6.20 Å². The Morgan fingerprint density at radius 2 is 2.41 bits per heavy atom. The number of hydrogen-bond acceptors (Lipinski definition) is 5. The zero-order valence-corrected chi connectivity index (χ0v) is 12.1. The van der Waals surface area contributed by atoms with E-state index in [-0.39, 0.29) is 12.4 Å². The van der Waals surface area contributed by atoms with Gasteiger partial charge >= 0.3 is 0 Å². The quantitative estimate of drug-likeness (QED) is 0.906. The standard InChI is InChI=1S/C11H20N4S.ClH/c1-14-4-3-9(6-14)7-15(2)8-10-5-13-11(12)16-10;/h5,9H,3-4,6-8H2,1-2H3,(H2,12,13);1H. The molecular weight excluding hydrogens is 256 g/mol. The molecule has 0 radical (unpaired) electrons. The van der Waals surface area contributed by atoms with Crippen molar-refractivity contribution in [3.05, 3.63) is 11.1 Å². The summed E-state index contributed by atoms with van der Waals surface area (Å²) in [5, 5.41) is 0.670. The molecule has 17 heavy (non-hydrogen) atoms. The van der Waals surface area contributed by atoms with Crippen LogP contribution in [0, 0.1) is 5.92 Å². The molecule has 4 nitrogen and oxygen atoms in total. The van der Waals surface area contributed by atoms with E-state index in [0.29, 0.717) is 5.13 Å². The van der Waals surface area contributed by atoms with E-state index in [1.54, 1.807) is 11.3 Å². The fraction of sp³-hybridized carbons (Fsp3) is 0.727. The minimum absolute atomic E-state index is 0. The van der Waals surface area contributed by atoms with Crippen molar-refractivity contribution >= 4 is 28.9 Å². The lowest BCUT2D eigenvalue weighted by atomic mass is 10.1. The summed E-state index contributed by atoms with van der Waals surface area (Å²) in [4.78, 5) is 10.1. The minimum atomic E-state index is 0. The van der Waals surface area contributed by atoms with Crippen LogP contribution in [0.15, 0.2) is 6.20 Å². The Labute approximate surface area is 113 Å². The van der Waals surface area contributed by atoms with Crippen molar-refractivity contribution in [2.45, 2.75) is 13.0 Å². The van der Waals surface area contributed by atoms with Crippen LogP contribution in [-0.2, 0) is 6.54 Å². The van der Waals surface area contributed by atoms with Gasteiger partial charge in [-0.05, 0) is 33.0 Å². The Morgan fingerprint density at radius 3 is 2.94 bits per heavy atom. The highest BCUT2D eigenvalue weighted by atomic mass is 35.5. The first kappa shape index (κ1) is 14.7. The maximum absolute atomic E-state index is 5.62. The van der Waals surface area contributed by atoms with Gasteiger partial charge in [0.15, 0.2) is 5.13 Å². The van der Waals surface area contributed by atoms with Gasteiger partial charge in [-0.15, -0.1) is 23.7 Å². The van der Waals surface area contributed by atoms with Crippen molar-refractivity contribution in [2.24, 2.45) is 5.92 Å². The molecule has 0 aliphatic carbocycles. The molecule has 2 heterocycles. The fourth-order valence-electron chi connectivity index (χ4n) is 2.34. The largest absolute Gasteiger partial charge is 0.375 e. The van der Waals surface area contributed by atoms with Gasteiger partial charge in [0.2, 0.25) is 0 Å². The highest BCUT2D eigenvalue weighted by molar-refractivity contribution is 7.15. The maximum Gasteiger partial charge on any atom is 0.180 e. The molecule has 1 saturated heterocycles.